The lowest BCUT2D eigenvalue weighted by Crippen LogP contribution is -2.39. The van der Waals surface area contributed by atoms with Crippen LogP contribution in [0.25, 0.3) is 0 Å². The summed E-state index contributed by atoms with van der Waals surface area (Å²) in [4.78, 5) is 7.27. The molecule has 0 aromatic rings. The quantitative estimate of drug-likeness (QED) is 0.564. The summed E-state index contributed by atoms with van der Waals surface area (Å²) in [5.74, 6) is 5.91. The monoisotopic (exact) mass is 260 g/mol. The summed E-state index contributed by atoms with van der Waals surface area (Å²) < 4.78 is 5.60. The van der Waals surface area contributed by atoms with E-state index in [-0.39, 0.29) is 6.10 Å². The Morgan fingerprint density at radius 2 is 1.78 bits per heavy atom. The van der Waals surface area contributed by atoms with E-state index in [1.165, 1.54) is 0 Å². The van der Waals surface area contributed by atoms with E-state index < -0.39 is 0 Å². The molecule has 1 aliphatic rings. The number of ether oxygens (including phenoxy) is 1. The maximum atomic E-state index is 5.60. The van der Waals surface area contributed by atoms with Gasteiger partial charge < -0.3 is 14.5 Å². The summed E-state index contributed by atoms with van der Waals surface area (Å²) in [6, 6.07) is 0. The Hall–Kier alpha value is -0.160. The number of nitrogens with zero attached hydrogens (tertiary/aromatic N) is 1. The van der Waals surface area contributed by atoms with Crippen LogP contribution in [0.5, 0.6) is 0 Å². The van der Waals surface area contributed by atoms with Crippen molar-refractivity contribution < 1.29 is 9.57 Å². The van der Waals surface area contributed by atoms with E-state index in [4.69, 9.17) is 15.5 Å². The highest BCUT2D eigenvalue weighted by Gasteiger charge is 2.18. The molecular formula is C14H32N2O2. The van der Waals surface area contributed by atoms with Gasteiger partial charge in [-0.3, -0.25) is 0 Å². The van der Waals surface area contributed by atoms with Crippen LogP contribution in [-0.2, 0) is 9.57 Å². The molecule has 2 N–H and O–H groups in total. The van der Waals surface area contributed by atoms with Gasteiger partial charge in [-0.2, -0.15) is 0 Å². The minimum Gasteiger partial charge on any atom is -0.380 e. The van der Waals surface area contributed by atoms with Gasteiger partial charge in [-0.15, -0.1) is 0 Å². The molecule has 0 radical (unpaired) electrons. The van der Waals surface area contributed by atoms with E-state index in [2.05, 4.69) is 18.7 Å². The lowest BCUT2D eigenvalue weighted by Gasteiger charge is -2.30. The molecule has 1 heterocycles. The maximum Gasteiger partial charge on any atom is 0.0811 e. The van der Waals surface area contributed by atoms with E-state index in [0.29, 0.717) is 0 Å². The first kappa shape index (κ1) is 17.8. The van der Waals surface area contributed by atoms with Crippen LogP contribution in [0.3, 0.4) is 0 Å². The summed E-state index contributed by atoms with van der Waals surface area (Å²) in [7, 11) is 0. The van der Waals surface area contributed by atoms with Gasteiger partial charge in [0, 0.05) is 26.2 Å². The van der Waals surface area contributed by atoms with Crippen LogP contribution in [0.4, 0.5) is 0 Å². The van der Waals surface area contributed by atoms with Crippen molar-refractivity contribution in [3.05, 3.63) is 0 Å². The maximum absolute atomic E-state index is 5.60. The molecule has 1 aliphatic heterocycles. The van der Waals surface area contributed by atoms with Crippen LogP contribution >= 0.6 is 0 Å². The normalized spacial score (nSPS) is 17.7. The van der Waals surface area contributed by atoms with Gasteiger partial charge in [0.15, 0.2) is 0 Å². The van der Waals surface area contributed by atoms with Crippen molar-refractivity contribution in [1.29, 1.82) is 0 Å². The predicted octanol–water partition coefficient (Wildman–Crippen LogP) is 2.43. The molecule has 18 heavy (non-hydrogen) atoms. The molecule has 110 valence electrons. The fraction of sp³-hybridized carbons (Fsp3) is 1.00. The summed E-state index contributed by atoms with van der Waals surface area (Å²) in [6.07, 6.45) is 3.51. The van der Waals surface area contributed by atoms with Crippen LogP contribution in [0.1, 0.15) is 47.0 Å². The van der Waals surface area contributed by atoms with Crippen molar-refractivity contribution >= 4 is 0 Å². The Balaban J connectivity index is 0.00000137. The van der Waals surface area contributed by atoms with Crippen LogP contribution in [-0.4, -0.2) is 43.9 Å². The van der Waals surface area contributed by atoms with Crippen molar-refractivity contribution in [2.75, 3.05) is 32.8 Å². The van der Waals surface area contributed by atoms with Gasteiger partial charge in [0.1, 0.15) is 0 Å². The van der Waals surface area contributed by atoms with Gasteiger partial charge in [0.05, 0.1) is 12.7 Å². The molecule has 0 aromatic heterocycles. The number of hydrogen-bond donors (Lipinski definition) is 1. The highest BCUT2D eigenvalue weighted by atomic mass is 16.6. The standard InChI is InChI=1S/C12H26N2O2.C2H6/c1-11(2)5-9-15-10-8-14-6-3-12(16-13)4-7-14;1-2/h11-12H,3-10,13H2,1-2H3;1-2H3. The zero-order valence-electron chi connectivity index (χ0n) is 12.7. The minimum atomic E-state index is 0.262. The first-order chi connectivity index (χ1) is 8.72. The van der Waals surface area contributed by atoms with E-state index >= 15 is 0 Å². The van der Waals surface area contributed by atoms with Crippen molar-refractivity contribution in [3.63, 3.8) is 0 Å². The molecule has 1 saturated heterocycles. The van der Waals surface area contributed by atoms with Gasteiger partial charge in [-0.05, 0) is 25.2 Å². The number of rotatable bonds is 7. The van der Waals surface area contributed by atoms with Gasteiger partial charge >= 0.3 is 0 Å². The molecule has 1 rings (SSSR count). The zero-order valence-corrected chi connectivity index (χ0v) is 12.7. The second-order valence-corrected chi connectivity index (χ2v) is 4.97. The fourth-order valence-electron chi connectivity index (χ4n) is 1.88. The molecule has 0 aliphatic carbocycles. The molecule has 0 amide bonds. The number of piperidine rings is 1. The van der Waals surface area contributed by atoms with Gasteiger partial charge in [0.25, 0.3) is 0 Å². The van der Waals surface area contributed by atoms with Gasteiger partial charge in [0.2, 0.25) is 0 Å². The second-order valence-electron chi connectivity index (χ2n) is 4.97. The van der Waals surface area contributed by atoms with E-state index in [0.717, 1.165) is 58.0 Å². The average molecular weight is 260 g/mol. The van der Waals surface area contributed by atoms with E-state index in [1.807, 2.05) is 13.8 Å². The van der Waals surface area contributed by atoms with Crippen LogP contribution in [0.15, 0.2) is 0 Å². The molecule has 0 aromatic carbocycles. The van der Waals surface area contributed by atoms with Crippen LogP contribution in [0.2, 0.25) is 0 Å². The molecule has 0 saturated carbocycles. The molecule has 4 nitrogen and oxygen atoms in total. The summed E-state index contributed by atoms with van der Waals surface area (Å²) >= 11 is 0. The molecule has 0 spiro atoms. The Morgan fingerprint density at radius 3 is 2.28 bits per heavy atom. The molecule has 4 heteroatoms. The Bertz CT molecular complexity index is 169. The number of likely N-dealkylation sites (tertiary alicyclic amines) is 1. The molecule has 0 atom stereocenters. The molecule has 0 bridgehead atoms. The lowest BCUT2D eigenvalue weighted by molar-refractivity contribution is -0.000299. The van der Waals surface area contributed by atoms with E-state index in [9.17, 15) is 0 Å². The first-order valence-corrected chi connectivity index (χ1v) is 7.38. The average Bonchev–Trinajstić information content (AvgIpc) is 2.41. The third-order valence-corrected chi connectivity index (χ3v) is 3.12. The van der Waals surface area contributed by atoms with Gasteiger partial charge in [-0.1, -0.05) is 27.7 Å². The SMILES string of the molecule is CC.CC(C)CCOCCN1CCC(ON)CC1. The predicted molar refractivity (Wildman–Crippen MR) is 76.4 cm³/mol. The Morgan fingerprint density at radius 1 is 1.17 bits per heavy atom. The summed E-state index contributed by atoms with van der Waals surface area (Å²) in [5.41, 5.74) is 0. The molecule has 1 fully saturated rings. The Kier molecular flexibility index (Phi) is 11.8. The van der Waals surface area contributed by atoms with Crippen molar-refractivity contribution in [2.45, 2.75) is 53.1 Å². The first-order valence-electron chi connectivity index (χ1n) is 7.38. The van der Waals surface area contributed by atoms with Crippen LogP contribution < -0.4 is 5.90 Å². The smallest absolute Gasteiger partial charge is 0.0811 e. The highest BCUT2D eigenvalue weighted by molar-refractivity contribution is 4.71. The summed E-state index contributed by atoms with van der Waals surface area (Å²) in [5, 5.41) is 0. The molecular weight excluding hydrogens is 228 g/mol. The van der Waals surface area contributed by atoms with E-state index in [1.54, 1.807) is 0 Å². The highest BCUT2D eigenvalue weighted by Crippen LogP contribution is 2.11. The molecule has 0 unspecified atom stereocenters. The van der Waals surface area contributed by atoms with Gasteiger partial charge in [-0.25, -0.2) is 5.90 Å². The largest absolute Gasteiger partial charge is 0.380 e. The van der Waals surface area contributed by atoms with Crippen molar-refractivity contribution in [1.82, 2.24) is 4.90 Å². The van der Waals surface area contributed by atoms with Crippen LogP contribution in [0, 0.1) is 5.92 Å². The summed E-state index contributed by atoms with van der Waals surface area (Å²) in [6.45, 7) is 13.4. The topological polar surface area (TPSA) is 47.7 Å². The third-order valence-electron chi connectivity index (χ3n) is 3.12. The lowest BCUT2D eigenvalue weighted by atomic mass is 10.1. The third kappa shape index (κ3) is 8.86. The van der Waals surface area contributed by atoms with Crippen molar-refractivity contribution in [2.24, 2.45) is 11.8 Å². The zero-order chi connectivity index (χ0) is 13.8. The fourth-order valence-corrected chi connectivity index (χ4v) is 1.88. The second kappa shape index (κ2) is 11.9. The van der Waals surface area contributed by atoms with Crippen molar-refractivity contribution in [3.8, 4) is 0 Å². The Labute approximate surface area is 113 Å². The number of hydrogen-bond acceptors (Lipinski definition) is 4. The minimum absolute atomic E-state index is 0.262. The number of nitrogens with two attached hydrogens (primary N) is 1.